The van der Waals surface area contributed by atoms with E-state index in [2.05, 4.69) is 0 Å². The predicted molar refractivity (Wildman–Crippen MR) is 88.6 cm³/mol. The van der Waals surface area contributed by atoms with Gasteiger partial charge in [0.1, 0.15) is 5.08 Å². The molecule has 114 valence electrons. The van der Waals surface area contributed by atoms with Crippen LogP contribution in [-0.4, -0.2) is 26.7 Å². The van der Waals surface area contributed by atoms with Crippen LogP contribution in [-0.2, 0) is 30.7 Å². The molecule has 0 aliphatic rings. The Morgan fingerprint density at radius 2 is 1.70 bits per heavy atom. The van der Waals surface area contributed by atoms with Crippen molar-refractivity contribution in [1.82, 2.24) is 0 Å². The van der Waals surface area contributed by atoms with Crippen LogP contribution >= 0.6 is 28.7 Å². The largest absolute Gasteiger partial charge is 0.322 e. The molecule has 1 rings (SSSR count). The van der Waals surface area contributed by atoms with Crippen LogP contribution in [0.4, 0.5) is 0 Å². The van der Waals surface area contributed by atoms with E-state index < -0.39 is 15.5 Å². The van der Waals surface area contributed by atoms with Crippen molar-refractivity contribution in [3.8, 4) is 0 Å². The van der Waals surface area contributed by atoms with Crippen LogP contribution in [0.5, 0.6) is 0 Å². The molecule has 4 nitrogen and oxygen atoms in total. The van der Waals surface area contributed by atoms with E-state index in [-0.39, 0.29) is 9.98 Å². The van der Waals surface area contributed by atoms with Crippen LogP contribution in [0.1, 0.15) is 13.8 Å². The lowest BCUT2D eigenvalue weighted by Gasteiger charge is -2.19. The molecule has 0 atom stereocenters. The summed E-state index contributed by atoms with van der Waals surface area (Å²) in [7, 11) is -3.44. The molecule has 0 heterocycles. The standard InChI is InChI=1S/C11H16ClO4PS3/c1-3-15-17(18,16-4-2)19-9-20(13,14)11-7-5-10(12)6-8-11/h5-8H,3-4,9H2,1-2H3. The molecule has 0 amide bonds. The highest BCUT2D eigenvalue weighted by molar-refractivity contribution is 8.69. The first-order chi connectivity index (χ1) is 9.33. The zero-order valence-corrected chi connectivity index (χ0v) is 15.2. The molecular weight excluding hydrogens is 359 g/mol. The molecule has 0 radical (unpaired) electrons. The molecule has 0 aromatic heterocycles. The molecule has 1 aromatic carbocycles. The third-order valence-electron chi connectivity index (χ3n) is 2.11. The minimum absolute atomic E-state index is 0.175. The maximum atomic E-state index is 12.2. The maximum Gasteiger partial charge on any atom is 0.248 e. The van der Waals surface area contributed by atoms with Crippen molar-refractivity contribution in [2.75, 3.05) is 18.3 Å². The zero-order valence-electron chi connectivity index (χ0n) is 11.1. The van der Waals surface area contributed by atoms with Gasteiger partial charge in [-0.1, -0.05) is 23.0 Å². The fourth-order valence-corrected chi connectivity index (χ4v) is 9.71. The van der Waals surface area contributed by atoms with Crippen molar-refractivity contribution in [1.29, 1.82) is 0 Å². The number of sulfone groups is 1. The van der Waals surface area contributed by atoms with Gasteiger partial charge in [0.25, 0.3) is 0 Å². The average Bonchev–Trinajstić information content (AvgIpc) is 2.38. The Kier molecular flexibility index (Phi) is 7.49. The summed E-state index contributed by atoms with van der Waals surface area (Å²) < 4.78 is 35.2. The van der Waals surface area contributed by atoms with Gasteiger partial charge < -0.3 is 9.05 Å². The highest BCUT2D eigenvalue weighted by atomic mass is 35.5. The summed E-state index contributed by atoms with van der Waals surface area (Å²) in [5.41, 5.74) is -2.60. The summed E-state index contributed by atoms with van der Waals surface area (Å²) in [6.07, 6.45) is 0. The second-order valence-corrected chi connectivity index (χ2v) is 12.7. The van der Waals surface area contributed by atoms with Crippen LogP contribution < -0.4 is 0 Å². The van der Waals surface area contributed by atoms with E-state index in [0.29, 0.717) is 18.2 Å². The highest BCUT2D eigenvalue weighted by Gasteiger charge is 2.24. The van der Waals surface area contributed by atoms with Crippen LogP contribution in [0.3, 0.4) is 0 Å². The van der Waals surface area contributed by atoms with Crippen molar-refractivity contribution in [2.24, 2.45) is 0 Å². The van der Waals surface area contributed by atoms with E-state index in [1.54, 1.807) is 26.0 Å². The normalized spacial score (nSPS) is 12.6. The maximum absolute atomic E-state index is 12.2. The Morgan fingerprint density at radius 3 is 2.15 bits per heavy atom. The van der Waals surface area contributed by atoms with Gasteiger partial charge in [-0.15, -0.1) is 0 Å². The molecule has 0 bridgehead atoms. The van der Waals surface area contributed by atoms with Gasteiger partial charge in [-0.05, 0) is 49.9 Å². The minimum atomic E-state index is -3.44. The van der Waals surface area contributed by atoms with Crippen LogP contribution in [0.25, 0.3) is 0 Å². The smallest absolute Gasteiger partial charge is 0.248 e. The molecule has 0 N–H and O–H groups in total. The molecule has 0 unspecified atom stereocenters. The Morgan fingerprint density at radius 1 is 1.20 bits per heavy atom. The number of hydrogen-bond donors (Lipinski definition) is 0. The number of hydrogen-bond acceptors (Lipinski definition) is 6. The van der Waals surface area contributed by atoms with Crippen molar-refractivity contribution < 1.29 is 17.5 Å². The van der Waals surface area contributed by atoms with E-state index in [4.69, 9.17) is 32.5 Å². The summed E-state index contributed by atoms with van der Waals surface area (Å²) >= 11 is 12.1. The monoisotopic (exact) mass is 374 g/mol. The van der Waals surface area contributed by atoms with E-state index in [0.717, 1.165) is 11.4 Å². The Hall–Kier alpha value is 0.380. The Labute approximate surface area is 134 Å². The van der Waals surface area contributed by atoms with Crippen molar-refractivity contribution in [2.45, 2.75) is 18.7 Å². The van der Waals surface area contributed by atoms with Gasteiger partial charge in [0.2, 0.25) is 5.69 Å². The number of benzene rings is 1. The second kappa shape index (κ2) is 8.13. The zero-order chi connectivity index (χ0) is 15.2. The average molecular weight is 375 g/mol. The number of halogens is 1. The van der Waals surface area contributed by atoms with E-state index in [1.807, 2.05) is 0 Å². The fraction of sp³-hybridized carbons (Fsp3) is 0.455. The minimum Gasteiger partial charge on any atom is -0.322 e. The third-order valence-corrected chi connectivity index (χ3v) is 10.6. The molecule has 0 saturated carbocycles. The van der Waals surface area contributed by atoms with Gasteiger partial charge in [-0.3, -0.25) is 0 Å². The topological polar surface area (TPSA) is 52.6 Å². The van der Waals surface area contributed by atoms with Crippen LogP contribution in [0.2, 0.25) is 5.02 Å². The molecule has 0 fully saturated rings. The molecule has 20 heavy (non-hydrogen) atoms. The highest BCUT2D eigenvalue weighted by Crippen LogP contribution is 2.61. The third kappa shape index (κ3) is 5.64. The van der Waals surface area contributed by atoms with Gasteiger partial charge in [0.15, 0.2) is 9.84 Å². The molecular formula is C11H16ClO4PS3. The molecule has 0 aliphatic heterocycles. The molecule has 9 heteroatoms. The SMILES string of the molecule is CCOP(=S)(OCC)SCS(=O)(=O)c1ccc(Cl)cc1. The van der Waals surface area contributed by atoms with Crippen LogP contribution in [0.15, 0.2) is 29.2 Å². The summed E-state index contributed by atoms with van der Waals surface area (Å²) in [5.74, 6) is 0. The van der Waals surface area contributed by atoms with E-state index in [1.165, 1.54) is 12.1 Å². The quantitative estimate of drug-likeness (QED) is 0.638. The van der Waals surface area contributed by atoms with Gasteiger partial charge in [-0.2, -0.15) is 0 Å². The first-order valence-corrected chi connectivity index (χ1v) is 12.1. The summed E-state index contributed by atoms with van der Waals surface area (Å²) in [6.45, 7) is 4.39. The van der Waals surface area contributed by atoms with Crippen molar-refractivity contribution in [3.63, 3.8) is 0 Å². The van der Waals surface area contributed by atoms with Crippen molar-refractivity contribution in [3.05, 3.63) is 29.3 Å². The fourth-order valence-electron chi connectivity index (χ4n) is 1.27. The lowest BCUT2D eigenvalue weighted by atomic mass is 10.4. The van der Waals surface area contributed by atoms with Gasteiger partial charge >= 0.3 is 0 Å². The lowest BCUT2D eigenvalue weighted by molar-refractivity contribution is 0.280. The summed E-state index contributed by atoms with van der Waals surface area (Å²) in [6, 6.07) is 6.03. The summed E-state index contributed by atoms with van der Waals surface area (Å²) in [4.78, 5) is 0.212. The Bertz CT molecular complexity index is 564. The molecule has 0 saturated heterocycles. The lowest BCUT2D eigenvalue weighted by Crippen LogP contribution is -2.05. The predicted octanol–water partition coefficient (Wildman–Crippen LogP) is 4.10. The van der Waals surface area contributed by atoms with Gasteiger partial charge in [0.05, 0.1) is 18.1 Å². The van der Waals surface area contributed by atoms with Gasteiger partial charge in [-0.25, -0.2) is 8.42 Å². The second-order valence-electron chi connectivity index (χ2n) is 3.60. The first kappa shape index (κ1) is 18.4. The first-order valence-electron chi connectivity index (χ1n) is 5.85. The van der Waals surface area contributed by atoms with Crippen molar-refractivity contribution >= 4 is 50.3 Å². The van der Waals surface area contributed by atoms with E-state index in [9.17, 15) is 8.42 Å². The van der Waals surface area contributed by atoms with Crippen LogP contribution in [0, 0.1) is 0 Å². The van der Waals surface area contributed by atoms with E-state index >= 15 is 0 Å². The Balaban J connectivity index is 2.81. The molecule has 1 aromatic rings. The van der Waals surface area contributed by atoms with Gasteiger partial charge in [0, 0.05) is 5.02 Å². The molecule has 0 aliphatic carbocycles. The molecule has 0 spiro atoms. The number of rotatable bonds is 8. The summed E-state index contributed by atoms with van der Waals surface area (Å²) in [5, 5.41) is 0.316.